The van der Waals surface area contributed by atoms with Gasteiger partial charge in [-0.2, -0.15) is 10.5 Å². The van der Waals surface area contributed by atoms with E-state index < -0.39 is 0 Å². The summed E-state index contributed by atoms with van der Waals surface area (Å²) in [5, 5.41) is 18.0. The number of fused-ring (bicyclic) bond motifs is 3. The zero-order chi connectivity index (χ0) is 8.66. The number of nitriles is 2. The average Bonchev–Trinajstić information content (AvgIpc) is 2.21. The van der Waals surface area contributed by atoms with Crippen LogP contribution in [0.4, 0.5) is 0 Å². The highest BCUT2D eigenvalue weighted by Gasteiger charge is 2.49. The predicted octanol–water partition coefficient (Wildman–Crippen LogP) is 2.37. The molecule has 2 heteroatoms. The van der Waals surface area contributed by atoms with Gasteiger partial charge in [0.05, 0.1) is 23.0 Å². The summed E-state index contributed by atoms with van der Waals surface area (Å²) < 4.78 is 0. The molecule has 3 rings (SSSR count). The van der Waals surface area contributed by atoms with E-state index in [9.17, 15) is 0 Å². The van der Waals surface area contributed by atoms with Crippen molar-refractivity contribution < 1.29 is 0 Å². The van der Waals surface area contributed by atoms with Gasteiger partial charge in [-0.1, -0.05) is 0 Å². The summed E-state index contributed by atoms with van der Waals surface area (Å²) >= 11 is 0. The highest BCUT2D eigenvalue weighted by Crippen LogP contribution is 2.56. The lowest BCUT2D eigenvalue weighted by Gasteiger charge is -2.46. The number of hydrogen-bond acceptors (Lipinski definition) is 2. The van der Waals surface area contributed by atoms with Crippen LogP contribution in [0.25, 0.3) is 0 Å². The molecular weight excluding hydrogens is 148 g/mol. The fourth-order valence-electron chi connectivity index (χ4n) is 2.52. The molecule has 0 spiro atoms. The third kappa shape index (κ3) is 0.847. The zero-order valence-corrected chi connectivity index (χ0v) is 7.14. The average molecular weight is 160 g/mol. The number of rotatable bonds is 0. The topological polar surface area (TPSA) is 47.6 Å². The van der Waals surface area contributed by atoms with Crippen molar-refractivity contribution in [1.29, 1.82) is 10.5 Å². The van der Waals surface area contributed by atoms with Crippen LogP contribution >= 0.6 is 0 Å². The third-order valence-corrected chi connectivity index (χ3v) is 3.72. The van der Waals surface area contributed by atoms with Gasteiger partial charge in [-0.25, -0.2) is 0 Å². The Bertz CT molecular complexity index is 225. The molecule has 3 aliphatic rings. The van der Waals surface area contributed by atoms with Crippen molar-refractivity contribution in [3.63, 3.8) is 0 Å². The zero-order valence-electron chi connectivity index (χ0n) is 7.14. The van der Waals surface area contributed by atoms with Gasteiger partial charge in [0.25, 0.3) is 0 Å². The van der Waals surface area contributed by atoms with Gasteiger partial charge in [-0.3, -0.25) is 0 Å². The van der Waals surface area contributed by atoms with Gasteiger partial charge in [-0.15, -0.1) is 0 Å². The van der Waals surface area contributed by atoms with Gasteiger partial charge in [-0.05, 0) is 38.5 Å². The summed E-state index contributed by atoms with van der Waals surface area (Å²) in [6, 6.07) is 4.87. The van der Waals surface area contributed by atoms with E-state index >= 15 is 0 Å². The largest absolute Gasteiger partial charge is 0.198 e. The van der Waals surface area contributed by atoms with Crippen LogP contribution in [0.15, 0.2) is 0 Å². The Balaban J connectivity index is 2.22. The van der Waals surface area contributed by atoms with E-state index in [2.05, 4.69) is 12.1 Å². The van der Waals surface area contributed by atoms with E-state index in [1.54, 1.807) is 0 Å². The first kappa shape index (κ1) is 7.62. The minimum Gasteiger partial charge on any atom is -0.198 e. The summed E-state index contributed by atoms with van der Waals surface area (Å²) in [5.74, 6) is 0. The van der Waals surface area contributed by atoms with E-state index in [1.165, 1.54) is 0 Å². The fraction of sp³-hybridized carbons (Fsp3) is 0.800. The fourth-order valence-corrected chi connectivity index (χ4v) is 2.52. The van der Waals surface area contributed by atoms with E-state index in [-0.39, 0.29) is 10.8 Å². The quantitative estimate of drug-likeness (QED) is 0.546. The molecule has 12 heavy (non-hydrogen) atoms. The third-order valence-electron chi connectivity index (χ3n) is 3.72. The maximum absolute atomic E-state index is 8.99. The molecule has 2 bridgehead atoms. The Morgan fingerprint density at radius 2 is 0.917 bits per heavy atom. The smallest absolute Gasteiger partial charge is 0.0689 e. The minimum absolute atomic E-state index is 0.0431. The molecule has 3 saturated carbocycles. The maximum atomic E-state index is 8.99. The standard InChI is InChI=1S/C10H12N2/c11-7-9-1-2-10(8-12,5-3-9)6-4-9/h1-6H2. The molecule has 0 radical (unpaired) electrons. The lowest BCUT2D eigenvalue weighted by Crippen LogP contribution is -2.39. The summed E-state index contributed by atoms with van der Waals surface area (Å²) in [5.41, 5.74) is -0.0861. The van der Waals surface area contributed by atoms with Gasteiger partial charge in [0.2, 0.25) is 0 Å². The van der Waals surface area contributed by atoms with E-state index in [0.717, 1.165) is 38.5 Å². The molecule has 62 valence electrons. The van der Waals surface area contributed by atoms with Gasteiger partial charge in [0.1, 0.15) is 0 Å². The normalized spacial score (nSPS) is 44.8. The van der Waals surface area contributed by atoms with Gasteiger partial charge >= 0.3 is 0 Å². The van der Waals surface area contributed by atoms with Crippen LogP contribution in [0.5, 0.6) is 0 Å². The molecule has 0 N–H and O–H groups in total. The summed E-state index contributed by atoms with van der Waals surface area (Å²) in [7, 11) is 0. The molecule has 0 aromatic heterocycles. The first-order chi connectivity index (χ1) is 5.74. The summed E-state index contributed by atoms with van der Waals surface area (Å²) in [4.78, 5) is 0. The van der Waals surface area contributed by atoms with Crippen molar-refractivity contribution in [2.45, 2.75) is 38.5 Å². The van der Waals surface area contributed by atoms with Crippen LogP contribution in [0.3, 0.4) is 0 Å². The Kier molecular flexibility index (Phi) is 1.42. The molecule has 0 heterocycles. The second-order valence-electron chi connectivity index (χ2n) is 4.28. The first-order valence-corrected chi connectivity index (χ1v) is 4.57. The van der Waals surface area contributed by atoms with Crippen molar-refractivity contribution in [3.05, 3.63) is 0 Å². The SMILES string of the molecule is N#CC12CCC(C#N)(CC1)CC2. The molecule has 0 aliphatic heterocycles. The molecule has 3 aliphatic carbocycles. The molecule has 2 nitrogen and oxygen atoms in total. The van der Waals surface area contributed by atoms with Crippen LogP contribution in [-0.2, 0) is 0 Å². The van der Waals surface area contributed by atoms with Crippen LogP contribution < -0.4 is 0 Å². The van der Waals surface area contributed by atoms with Crippen LogP contribution in [-0.4, -0.2) is 0 Å². The highest BCUT2D eigenvalue weighted by molar-refractivity contribution is 5.14. The van der Waals surface area contributed by atoms with Crippen LogP contribution in [0, 0.1) is 33.5 Å². The van der Waals surface area contributed by atoms with Crippen molar-refractivity contribution in [2.24, 2.45) is 10.8 Å². The second-order valence-corrected chi connectivity index (χ2v) is 4.28. The Morgan fingerprint density at radius 3 is 1.08 bits per heavy atom. The molecule has 0 amide bonds. The molecule has 0 unspecified atom stereocenters. The van der Waals surface area contributed by atoms with Crippen molar-refractivity contribution in [2.75, 3.05) is 0 Å². The van der Waals surface area contributed by atoms with Crippen molar-refractivity contribution in [3.8, 4) is 12.1 Å². The Morgan fingerprint density at radius 1 is 0.667 bits per heavy atom. The molecule has 3 fully saturated rings. The molecule has 0 atom stereocenters. The number of nitrogens with zero attached hydrogens (tertiary/aromatic N) is 2. The van der Waals surface area contributed by atoms with Crippen molar-refractivity contribution in [1.82, 2.24) is 0 Å². The lowest BCUT2D eigenvalue weighted by atomic mass is 9.55. The second kappa shape index (κ2) is 2.23. The van der Waals surface area contributed by atoms with E-state index in [4.69, 9.17) is 10.5 Å². The highest BCUT2D eigenvalue weighted by atomic mass is 14.5. The molecular formula is C10H12N2. The summed E-state index contributed by atoms with van der Waals surface area (Å²) in [6.45, 7) is 0. The predicted molar refractivity (Wildman–Crippen MR) is 43.8 cm³/mol. The summed E-state index contributed by atoms with van der Waals surface area (Å²) in [6.07, 6.45) is 5.73. The first-order valence-electron chi connectivity index (χ1n) is 4.57. The lowest BCUT2D eigenvalue weighted by molar-refractivity contribution is 0.0687. The maximum Gasteiger partial charge on any atom is 0.0689 e. The van der Waals surface area contributed by atoms with Gasteiger partial charge < -0.3 is 0 Å². The van der Waals surface area contributed by atoms with E-state index in [0.29, 0.717) is 0 Å². The van der Waals surface area contributed by atoms with Gasteiger partial charge in [0.15, 0.2) is 0 Å². The van der Waals surface area contributed by atoms with Crippen LogP contribution in [0.2, 0.25) is 0 Å². The van der Waals surface area contributed by atoms with Crippen molar-refractivity contribution >= 4 is 0 Å². The monoisotopic (exact) mass is 160 g/mol. The molecule has 0 saturated heterocycles. The Hall–Kier alpha value is -1.02. The molecule has 0 aromatic carbocycles. The minimum atomic E-state index is -0.0431. The number of hydrogen-bond donors (Lipinski definition) is 0. The van der Waals surface area contributed by atoms with E-state index in [1.807, 2.05) is 0 Å². The van der Waals surface area contributed by atoms with Crippen LogP contribution in [0.1, 0.15) is 38.5 Å². The van der Waals surface area contributed by atoms with Gasteiger partial charge in [0, 0.05) is 0 Å². The Labute approximate surface area is 72.8 Å². The molecule has 0 aromatic rings.